The van der Waals surface area contributed by atoms with Crippen molar-refractivity contribution < 1.29 is 9.84 Å². The SMILES string of the molecule is CCOc1ccc(N)cc1CN(C)CC1(O)CCCC1. The van der Waals surface area contributed by atoms with Crippen molar-refractivity contribution in [3.05, 3.63) is 23.8 Å². The average molecular weight is 278 g/mol. The van der Waals surface area contributed by atoms with Crippen LogP contribution in [0, 0.1) is 0 Å². The molecule has 0 aromatic heterocycles. The molecule has 0 unspecified atom stereocenters. The van der Waals surface area contributed by atoms with E-state index in [2.05, 4.69) is 4.90 Å². The Balaban J connectivity index is 2.02. The van der Waals surface area contributed by atoms with Gasteiger partial charge in [0, 0.05) is 24.3 Å². The fraction of sp³-hybridized carbons (Fsp3) is 0.625. The van der Waals surface area contributed by atoms with Crippen molar-refractivity contribution in [3.8, 4) is 5.75 Å². The predicted octanol–water partition coefficient (Wildman–Crippen LogP) is 2.40. The number of hydrogen-bond donors (Lipinski definition) is 2. The molecule has 0 saturated heterocycles. The van der Waals surface area contributed by atoms with Crippen LogP contribution in [0.3, 0.4) is 0 Å². The molecule has 0 radical (unpaired) electrons. The summed E-state index contributed by atoms with van der Waals surface area (Å²) in [5.41, 5.74) is 7.18. The normalized spacial score (nSPS) is 17.6. The first-order valence-corrected chi connectivity index (χ1v) is 7.44. The summed E-state index contributed by atoms with van der Waals surface area (Å²) in [4.78, 5) is 2.16. The van der Waals surface area contributed by atoms with E-state index in [1.807, 2.05) is 32.2 Å². The highest BCUT2D eigenvalue weighted by Crippen LogP contribution is 2.31. The lowest BCUT2D eigenvalue weighted by atomic mass is 10.0. The smallest absolute Gasteiger partial charge is 0.123 e. The maximum Gasteiger partial charge on any atom is 0.123 e. The summed E-state index contributed by atoms with van der Waals surface area (Å²) in [6.07, 6.45) is 4.08. The van der Waals surface area contributed by atoms with E-state index >= 15 is 0 Å². The monoisotopic (exact) mass is 278 g/mol. The van der Waals surface area contributed by atoms with Gasteiger partial charge >= 0.3 is 0 Å². The summed E-state index contributed by atoms with van der Waals surface area (Å²) in [5.74, 6) is 0.881. The molecule has 0 amide bonds. The Kier molecular flexibility index (Phi) is 4.89. The van der Waals surface area contributed by atoms with Crippen LogP contribution in [0.15, 0.2) is 18.2 Å². The highest BCUT2D eigenvalue weighted by atomic mass is 16.5. The lowest BCUT2D eigenvalue weighted by Crippen LogP contribution is -2.38. The topological polar surface area (TPSA) is 58.7 Å². The third kappa shape index (κ3) is 3.87. The van der Waals surface area contributed by atoms with Gasteiger partial charge in [-0.15, -0.1) is 0 Å². The van der Waals surface area contributed by atoms with Gasteiger partial charge < -0.3 is 15.6 Å². The fourth-order valence-electron chi connectivity index (χ4n) is 3.06. The average Bonchev–Trinajstić information content (AvgIpc) is 2.79. The van der Waals surface area contributed by atoms with Crippen LogP contribution in [-0.4, -0.2) is 35.8 Å². The van der Waals surface area contributed by atoms with Crippen molar-refractivity contribution in [1.29, 1.82) is 0 Å². The highest BCUT2D eigenvalue weighted by molar-refractivity contribution is 5.47. The van der Waals surface area contributed by atoms with Crippen molar-refractivity contribution in [2.75, 3.05) is 25.9 Å². The summed E-state index contributed by atoms with van der Waals surface area (Å²) in [5, 5.41) is 10.5. The molecular formula is C16H26N2O2. The standard InChI is InChI=1S/C16H26N2O2/c1-3-20-15-7-6-14(17)10-13(15)11-18(2)12-16(19)8-4-5-9-16/h6-7,10,19H,3-5,8-9,11-12,17H2,1-2H3. The number of aliphatic hydroxyl groups is 1. The quantitative estimate of drug-likeness (QED) is 0.785. The summed E-state index contributed by atoms with van der Waals surface area (Å²) in [7, 11) is 2.04. The number of nitrogen functional groups attached to an aromatic ring is 1. The molecule has 4 heteroatoms. The lowest BCUT2D eigenvalue weighted by molar-refractivity contribution is 0.0143. The molecule has 20 heavy (non-hydrogen) atoms. The zero-order valence-electron chi connectivity index (χ0n) is 12.6. The molecule has 1 fully saturated rings. The molecular weight excluding hydrogens is 252 g/mol. The van der Waals surface area contributed by atoms with E-state index in [0.717, 1.165) is 49.2 Å². The third-order valence-corrected chi connectivity index (χ3v) is 3.92. The van der Waals surface area contributed by atoms with Gasteiger partial charge in [-0.05, 0) is 45.0 Å². The number of anilines is 1. The van der Waals surface area contributed by atoms with E-state index < -0.39 is 5.60 Å². The van der Waals surface area contributed by atoms with Crippen LogP contribution in [0.4, 0.5) is 5.69 Å². The van der Waals surface area contributed by atoms with Crippen LogP contribution in [0.2, 0.25) is 0 Å². The van der Waals surface area contributed by atoms with Crippen LogP contribution < -0.4 is 10.5 Å². The number of nitrogens with two attached hydrogens (primary N) is 1. The van der Waals surface area contributed by atoms with Gasteiger partial charge in [-0.1, -0.05) is 12.8 Å². The number of hydrogen-bond acceptors (Lipinski definition) is 4. The Hall–Kier alpha value is -1.26. The molecule has 0 spiro atoms. The molecule has 0 heterocycles. The minimum absolute atomic E-state index is 0.513. The lowest BCUT2D eigenvalue weighted by Gasteiger charge is -2.29. The van der Waals surface area contributed by atoms with E-state index in [0.29, 0.717) is 13.2 Å². The second-order valence-electron chi connectivity index (χ2n) is 5.90. The summed E-state index contributed by atoms with van der Waals surface area (Å²) >= 11 is 0. The molecule has 1 saturated carbocycles. The molecule has 0 aliphatic heterocycles. The number of benzene rings is 1. The highest BCUT2D eigenvalue weighted by Gasteiger charge is 2.32. The van der Waals surface area contributed by atoms with E-state index in [9.17, 15) is 5.11 Å². The van der Waals surface area contributed by atoms with Gasteiger partial charge in [0.1, 0.15) is 5.75 Å². The molecule has 1 aromatic carbocycles. The molecule has 3 N–H and O–H groups in total. The Morgan fingerprint density at radius 2 is 2.05 bits per heavy atom. The van der Waals surface area contributed by atoms with Crippen LogP contribution >= 0.6 is 0 Å². The van der Waals surface area contributed by atoms with Crippen molar-refractivity contribution in [3.63, 3.8) is 0 Å². The summed E-state index contributed by atoms with van der Waals surface area (Å²) < 4.78 is 5.64. The second-order valence-corrected chi connectivity index (χ2v) is 5.90. The van der Waals surface area contributed by atoms with Gasteiger partial charge in [0.25, 0.3) is 0 Å². The van der Waals surface area contributed by atoms with Gasteiger partial charge in [-0.3, -0.25) is 4.90 Å². The fourth-order valence-corrected chi connectivity index (χ4v) is 3.06. The molecule has 1 aromatic rings. The predicted molar refractivity (Wildman–Crippen MR) is 81.8 cm³/mol. The van der Waals surface area contributed by atoms with Crippen molar-refractivity contribution >= 4 is 5.69 Å². The van der Waals surface area contributed by atoms with Crippen LogP contribution in [0.1, 0.15) is 38.2 Å². The molecule has 1 aliphatic rings. The molecule has 112 valence electrons. The summed E-state index contributed by atoms with van der Waals surface area (Å²) in [6, 6.07) is 5.74. The van der Waals surface area contributed by atoms with E-state index in [4.69, 9.17) is 10.5 Å². The maximum absolute atomic E-state index is 10.5. The Labute approximate surface area is 121 Å². The van der Waals surface area contributed by atoms with Gasteiger partial charge in [0.2, 0.25) is 0 Å². The minimum atomic E-state index is -0.513. The van der Waals surface area contributed by atoms with Crippen molar-refractivity contribution in [1.82, 2.24) is 4.90 Å². The van der Waals surface area contributed by atoms with Crippen LogP contribution in [0.25, 0.3) is 0 Å². The number of likely N-dealkylation sites (N-methyl/N-ethyl adjacent to an activating group) is 1. The number of ether oxygens (including phenoxy) is 1. The van der Waals surface area contributed by atoms with Crippen LogP contribution in [-0.2, 0) is 6.54 Å². The van der Waals surface area contributed by atoms with Gasteiger partial charge in [0.15, 0.2) is 0 Å². The van der Waals surface area contributed by atoms with E-state index in [1.165, 1.54) is 0 Å². The van der Waals surface area contributed by atoms with Gasteiger partial charge in [0.05, 0.1) is 12.2 Å². The molecule has 1 aliphatic carbocycles. The molecule has 0 atom stereocenters. The second kappa shape index (κ2) is 6.46. The zero-order valence-corrected chi connectivity index (χ0v) is 12.6. The molecule has 4 nitrogen and oxygen atoms in total. The first kappa shape index (κ1) is 15.1. The van der Waals surface area contributed by atoms with Crippen molar-refractivity contribution in [2.45, 2.75) is 44.8 Å². The van der Waals surface area contributed by atoms with E-state index in [-0.39, 0.29) is 0 Å². The minimum Gasteiger partial charge on any atom is -0.494 e. The largest absolute Gasteiger partial charge is 0.494 e. The Morgan fingerprint density at radius 3 is 2.70 bits per heavy atom. The van der Waals surface area contributed by atoms with Crippen molar-refractivity contribution in [2.24, 2.45) is 0 Å². The number of rotatable bonds is 6. The van der Waals surface area contributed by atoms with Gasteiger partial charge in [-0.25, -0.2) is 0 Å². The van der Waals surface area contributed by atoms with Gasteiger partial charge in [-0.2, -0.15) is 0 Å². The first-order chi connectivity index (χ1) is 9.52. The number of nitrogens with zero attached hydrogens (tertiary/aromatic N) is 1. The Bertz CT molecular complexity index is 442. The Morgan fingerprint density at radius 1 is 1.35 bits per heavy atom. The first-order valence-electron chi connectivity index (χ1n) is 7.44. The van der Waals surface area contributed by atoms with Crippen LogP contribution in [0.5, 0.6) is 5.75 Å². The zero-order chi connectivity index (χ0) is 14.6. The molecule has 0 bridgehead atoms. The summed E-state index contributed by atoms with van der Waals surface area (Å²) in [6.45, 7) is 4.06. The van der Waals surface area contributed by atoms with E-state index in [1.54, 1.807) is 0 Å². The maximum atomic E-state index is 10.5. The third-order valence-electron chi connectivity index (χ3n) is 3.92. The molecule has 2 rings (SSSR count).